The van der Waals surface area contributed by atoms with E-state index in [0.29, 0.717) is 22.3 Å². The highest BCUT2D eigenvalue weighted by molar-refractivity contribution is 6.29. The number of H-pyrrole nitrogens is 1. The lowest BCUT2D eigenvalue weighted by molar-refractivity contribution is -0.134. The number of imidazole rings is 1. The van der Waals surface area contributed by atoms with E-state index in [-0.39, 0.29) is 6.54 Å². The summed E-state index contributed by atoms with van der Waals surface area (Å²) < 4.78 is 0. The SMILES string of the molecule is O=C(O)CNc1nc2nc(Cl)ccc2[nH]1. The Labute approximate surface area is 89.3 Å². The number of carboxylic acids is 1. The Morgan fingerprint density at radius 2 is 2.33 bits per heavy atom. The van der Waals surface area contributed by atoms with Crippen molar-refractivity contribution in [2.75, 3.05) is 11.9 Å². The molecule has 15 heavy (non-hydrogen) atoms. The van der Waals surface area contributed by atoms with Gasteiger partial charge in [-0.05, 0) is 12.1 Å². The normalized spacial score (nSPS) is 10.5. The molecule has 0 saturated heterocycles. The molecule has 0 aliphatic heterocycles. The molecule has 0 spiro atoms. The molecule has 2 aromatic rings. The van der Waals surface area contributed by atoms with E-state index < -0.39 is 5.97 Å². The van der Waals surface area contributed by atoms with Gasteiger partial charge in [0.05, 0.1) is 5.52 Å². The standard InChI is InChI=1S/C8H7ClN4O2/c9-5-2-1-4-7(12-5)13-8(11-4)10-3-6(14)15/h1-2H,3H2,(H,14,15)(H2,10,11,12,13). The molecule has 0 saturated carbocycles. The zero-order chi connectivity index (χ0) is 10.8. The summed E-state index contributed by atoms with van der Waals surface area (Å²) in [5, 5.41) is 11.4. The number of carboxylic acid groups (broad SMARTS) is 1. The molecule has 7 heteroatoms. The van der Waals surface area contributed by atoms with Crippen LogP contribution in [-0.2, 0) is 4.79 Å². The highest BCUT2D eigenvalue weighted by Crippen LogP contribution is 2.14. The second-order valence-corrected chi connectivity index (χ2v) is 3.23. The number of hydrogen-bond donors (Lipinski definition) is 3. The highest BCUT2D eigenvalue weighted by atomic mass is 35.5. The molecule has 0 aromatic carbocycles. The summed E-state index contributed by atoms with van der Waals surface area (Å²) >= 11 is 5.68. The minimum absolute atomic E-state index is 0.201. The van der Waals surface area contributed by atoms with Crippen molar-refractivity contribution in [3.63, 3.8) is 0 Å². The lowest BCUT2D eigenvalue weighted by Crippen LogP contribution is -2.12. The lowest BCUT2D eigenvalue weighted by atomic mass is 10.4. The van der Waals surface area contributed by atoms with Crippen molar-refractivity contribution >= 4 is 34.7 Å². The lowest BCUT2D eigenvalue weighted by Gasteiger charge is -1.95. The van der Waals surface area contributed by atoms with E-state index in [1.807, 2.05) is 0 Å². The van der Waals surface area contributed by atoms with Gasteiger partial charge in [-0.25, -0.2) is 4.98 Å². The third kappa shape index (κ3) is 2.16. The Balaban J connectivity index is 2.27. The Morgan fingerprint density at radius 3 is 3.07 bits per heavy atom. The van der Waals surface area contributed by atoms with Crippen LogP contribution in [0.15, 0.2) is 12.1 Å². The maximum Gasteiger partial charge on any atom is 0.322 e. The molecular formula is C8H7ClN4O2. The second kappa shape index (κ2) is 3.74. The fraction of sp³-hybridized carbons (Fsp3) is 0.125. The van der Waals surface area contributed by atoms with Crippen LogP contribution in [0.2, 0.25) is 5.15 Å². The number of aliphatic carboxylic acids is 1. The van der Waals surface area contributed by atoms with Crippen molar-refractivity contribution in [3.05, 3.63) is 17.3 Å². The van der Waals surface area contributed by atoms with Crippen LogP contribution in [0.3, 0.4) is 0 Å². The number of halogens is 1. The number of rotatable bonds is 3. The Kier molecular flexibility index (Phi) is 2.42. The van der Waals surface area contributed by atoms with E-state index in [2.05, 4.69) is 20.3 Å². The molecule has 0 radical (unpaired) electrons. The molecule has 0 fully saturated rings. The summed E-state index contributed by atoms with van der Waals surface area (Å²) in [5.74, 6) is -0.594. The van der Waals surface area contributed by atoms with Crippen LogP contribution in [0.1, 0.15) is 0 Å². The van der Waals surface area contributed by atoms with Crippen molar-refractivity contribution in [2.45, 2.75) is 0 Å². The van der Waals surface area contributed by atoms with Gasteiger partial charge < -0.3 is 15.4 Å². The van der Waals surface area contributed by atoms with E-state index in [4.69, 9.17) is 16.7 Å². The monoisotopic (exact) mass is 226 g/mol. The van der Waals surface area contributed by atoms with Crippen LogP contribution >= 0.6 is 11.6 Å². The number of aromatic amines is 1. The predicted molar refractivity (Wildman–Crippen MR) is 55.0 cm³/mol. The molecule has 78 valence electrons. The number of carbonyl (C=O) groups is 1. The van der Waals surface area contributed by atoms with Crippen LogP contribution < -0.4 is 5.32 Å². The molecule has 0 aliphatic carbocycles. The average molecular weight is 227 g/mol. The second-order valence-electron chi connectivity index (χ2n) is 2.84. The number of pyridine rings is 1. The first-order valence-corrected chi connectivity index (χ1v) is 4.51. The molecule has 0 atom stereocenters. The first-order chi connectivity index (χ1) is 7.15. The van der Waals surface area contributed by atoms with Crippen LogP contribution in [-0.4, -0.2) is 32.6 Å². The number of nitrogens with zero attached hydrogens (tertiary/aromatic N) is 2. The summed E-state index contributed by atoms with van der Waals surface area (Å²) in [4.78, 5) is 21.2. The van der Waals surface area contributed by atoms with E-state index in [1.165, 1.54) is 0 Å². The molecule has 0 aliphatic rings. The van der Waals surface area contributed by atoms with Gasteiger partial charge in [-0.3, -0.25) is 4.79 Å². The predicted octanol–water partition coefficient (Wildman–Crippen LogP) is 1.11. The first kappa shape index (κ1) is 9.72. The van der Waals surface area contributed by atoms with Gasteiger partial charge in [0, 0.05) is 0 Å². The number of aromatic nitrogens is 3. The first-order valence-electron chi connectivity index (χ1n) is 4.13. The quantitative estimate of drug-likeness (QED) is 0.682. The number of nitrogens with one attached hydrogen (secondary N) is 2. The Hall–Kier alpha value is -1.82. The van der Waals surface area contributed by atoms with Crippen molar-refractivity contribution in [1.29, 1.82) is 0 Å². The molecule has 3 N–H and O–H groups in total. The minimum atomic E-state index is -0.957. The van der Waals surface area contributed by atoms with Gasteiger partial charge in [0.25, 0.3) is 0 Å². The number of hydrogen-bond acceptors (Lipinski definition) is 4. The van der Waals surface area contributed by atoms with E-state index in [0.717, 1.165) is 0 Å². The fourth-order valence-corrected chi connectivity index (χ4v) is 1.26. The van der Waals surface area contributed by atoms with Crippen molar-refractivity contribution in [3.8, 4) is 0 Å². The van der Waals surface area contributed by atoms with Crippen LogP contribution in [0.4, 0.5) is 5.95 Å². The van der Waals surface area contributed by atoms with E-state index >= 15 is 0 Å². The Morgan fingerprint density at radius 1 is 1.53 bits per heavy atom. The van der Waals surface area contributed by atoms with E-state index in [9.17, 15) is 4.79 Å². The van der Waals surface area contributed by atoms with Crippen molar-refractivity contribution in [1.82, 2.24) is 15.0 Å². The molecule has 0 amide bonds. The van der Waals surface area contributed by atoms with Gasteiger partial charge >= 0.3 is 5.97 Å². The summed E-state index contributed by atoms with van der Waals surface area (Å²) in [5.41, 5.74) is 1.16. The van der Waals surface area contributed by atoms with Crippen LogP contribution in [0, 0.1) is 0 Å². The average Bonchev–Trinajstić information content (AvgIpc) is 2.56. The summed E-state index contributed by atoms with van der Waals surface area (Å²) in [6.07, 6.45) is 0. The minimum Gasteiger partial charge on any atom is -0.480 e. The number of fused-ring (bicyclic) bond motifs is 1. The smallest absolute Gasteiger partial charge is 0.322 e. The maximum absolute atomic E-state index is 10.3. The highest BCUT2D eigenvalue weighted by Gasteiger charge is 2.05. The zero-order valence-corrected chi connectivity index (χ0v) is 8.25. The molecule has 2 rings (SSSR count). The fourth-order valence-electron chi connectivity index (χ4n) is 1.11. The van der Waals surface area contributed by atoms with E-state index in [1.54, 1.807) is 12.1 Å². The van der Waals surface area contributed by atoms with Gasteiger partial charge in [0.15, 0.2) is 5.65 Å². The molecule has 0 unspecified atom stereocenters. The molecule has 0 bridgehead atoms. The van der Waals surface area contributed by atoms with Gasteiger partial charge in [-0.15, -0.1) is 0 Å². The topological polar surface area (TPSA) is 90.9 Å². The van der Waals surface area contributed by atoms with Crippen LogP contribution in [0.5, 0.6) is 0 Å². The van der Waals surface area contributed by atoms with Crippen molar-refractivity contribution < 1.29 is 9.90 Å². The third-order valence-electron chi connectivity index (χ3n) is 1.72. The number of anilines is 1. The third-order valence-corrected chi connectivity index (χ3v) is 1.93. The van der Waals surface area contributed by atoms with Gasteiger partial charge in [0.2, 0.25) is 5.95 Å². The molecule has 2 aromatic heterocycles. The van der Waals surface area contributed by atoms with Gasteiger partial charge in [-0.1, -0.05) is 11.6 Å². The largest absolute Gasteiger partial charge is 0.480 e. The summed E-state index contributed by atoms with van der Waals surface area (Å²) in [6.45, 7) is -0.201. The summed E-state index contributed by atoms with van der Waals surface area (Å²) in [7, 11) is 0. The van der Waals surface area contributed by atoms with Gasteiger partial charge in [-0.2, -0.15) is 4.98 Å². The molecule has 6 nitrogen and oxygen atoms in total. The maximum atomic E-state index is 10.3. The zero-order valence-electron chi connectivity index (χ0n) is 7.49. The molecular weight excluding hydrogens is 220 g/mol. The Bertz CT molecular complexity index is 510. The van der Waals surface area contributed by atoms with Crippen LogP contribution in [0.25, 0.3) is 11.2 Å². The molecule has 2 heterocycles. The van der Waals surface area contributed by atoms with Crippen molar-refractivity contribution in [2.24, 2.45) is 0 Å². The summed E-state index contributed by atoms with van der Waals surface area (Å²) in [6, 6.07) is 3.35. The van der Waals surface area contributed by atoms with Gasteiger partial charge in [0.1, 0.15) is 11.7 Å².